The van der Waals surface area contributed by atoms with Crippen LogP contribution in [0.15, 0.2) is 34.7 Å². The van der Waals surface area contributed by atoms with E-state index in [2.05, 4.69) is 21.9 Å². The van der Waals surface area contributed by atoms with Crippen LogP contribution in [0.4, 0.5) is 0 Å². The van der Waals surface area contributed by atoms with E-state index in [1.165, 1.54) is 0 Å². The standard InChI is InChI=1S/C15H16N3O2/c19-13(12-7-4-8-16-10-12)9-14-17-18-15(20-14)11-5-2-1-3-6-11/h1-3,5-7,12,16H,4,8-10H2. The number of hydrogen-bond acceptors (Lipinski definition) is 5. The third kappa shape index (κ3) is 2.93. The predicted molar refractivity (Wildman–Crippen MR) is 73.7 cm³/mol. The molecular weight excluding hydrogens is 254 g/mol. The molecule has 0 saturated carbocycles. The molecule has 1 fully saturated rings. The predicted octanol–water partition coefficient (Wildman–Crippen LogP) is 1.66. The van der Waals surface area contributed by atoms with Crippen molar-refractivity contribution in [3.05, 3.63) is 42.6 Å². The van der Waals surface area contributed by atoms with Gasteiger partial charge in [-0.2, -0.15) is 0 Å². The number of Topliss-reactive ketones (excluding diaryl/α,β-unsaturated/α-hetero) is 1. The van der Waals surface area contributed by atoms with Crippen molar-refractivity contribution in [3.63, 3.8) is 0 Å². The van der Waals surface area contributed by atoms with Crippen LogP contribution in [0.1, 0.15) is 12.3 Å². The van der Waals surface area contributed by atoms with Gasteiger partial charge in [-0.05, 0) is 31.5 Å². The van der Waals surface area contributed by atoms with Crippen molar-refractivity contribution in [2.24, 2.45) is 5.92 Å². The first-order chi connectivity index (χ1) is 9.83. The number of carbonyl (C=O) groups excluding carboxylic acids is 1. The van der Waals surface area contributed by atoms with Crippen LogP contribution in [0.3, 0.4) is 0 Å². The van der Waals surface area contributed by atoms with Gasteiger partial charge >= 0.3 is 0 Å². The van der Waals surface area contributed by atoms with Gasteiger partial charge in [0.2, 0.25) is 11.8 Å². The van der Waals surface area contributed by atoms with Crippen molar-refractivity contribution in [3.8, 4) is 11.5 Å². The van der Waals surface area contributed by atoms with Crippen LogP contribution in [0.5, 0.6) is 0 Å². The number of nitrogens with one attached hydrogen (secondary N) is 1. The molecule has 0 spiro atoms. The van der Waals surface area contributed by atoms with Crippen LogP contribution < -0.4 is 5.32 Å². The summed E-state index contributed by atoms with van der Waals surface area (Å²) in [7, 11) is 0. The third-order valence-electron chi connectivity index (χ3n) is 3.36. The quantitative estimate of drug-likeness (QED) is 0.915. The highest BCUT2D eigenvalue weighted by atomic mass is 16.4. The molecule has 1 aliphatic heterocycles. The molecule has 1 aliphatic rings. The van der Waals surface area contributed by atoms with Crippen LogP contribution in [0, 0.1) is 12.3 Å². The lowest BCUT2D eigenvalue weighted by atomic mass is 9.93. The molecule has 1 aromatic carbocycles. The fraction of sp³-hybridized carbons (Fsp3) is 0.333. The summed E-state index contributed by atoms with van der Waals surface area (Å²) in [6.07, 6.45) is 3.19. The van der Waals surface area contributed by atoms with Crippen molar-refractivity contribution in [1.29, 1.82) is 0 Å². The molecule has 2 aromatic rings. The fourth-order valence-electron chi connectivity index (χ4n) is 2.28. The summed E-state index contributed by atoms with van der Waals surface area (Å²) in [5.41, 5.74) is 0.865. The highest BCUT2D eigenvalue weighted by Crippen LogP contribution is 2.18. The van der Waals surface area contributed by atoms with E-state index in [1.54, 1.807) is 0 Å². The molecule has 0 bridgehead atoms. The molecule has 1 unspecified atom stereocenters. The Bertz CT molecular complexity index is 574. The van der Waals surface area contributed by atoms with Gasteiger partial charge in [-0.25, -0.2) is 0 Å². The van der Waals surface area contributed by atoms with Gasteiger partial charge in [-0.3, -0.25) is 4.79 Å². The van der Waals surface area contributed by atoms with Crippen molar-refractivity contribution in [2.75, 3.05) is 13.1 Å². The van der Waals surface area contributed by atoms with E-state index in [9.17, 15) is 4.79 Å². The monoisotopic (exact) mass is 270 g/mol. The number of benzene rings is 1. The second-order valence-corrected chi connectivity index (χ2v) is 4.85. The van der Waals surface area contributed by atoms with Gasteiger partial charge in [0, 0.05) is 18.0 Å². The zero-order chi connectivity index (χ0) is 13.8. The molecular formula is C15H16N3O2. The van der Waals surface area contributed by atoms with E-state index in [4.69, 9.17) is 4.42 Å². The minimum atomic E-state index is -0.0455. The Hall–Kier alpha value is -2.01. The summed E-state index contributed by atoms with van der Waals surface area (Å²) < 4.78 is 5.55. The summed E-state index contributed by atoms with van der Waals surface area (Å²) in [4.78, 5) is 12.1. The van der Waals surface area contributed by atoms with Gasteiger partial charge in [0.1, 0.15) is 5.78 Å². The van der Waals surface area contributed by atoms with E-state index in [-0.39, 0.29) is 18.1 Å². The second-order valence-electron chi connectivity index (χ2n) is 4.85. The van der Waals surface area contributed by atoms with Gasteiger partial charge in [0.05, 0.1) is 6.42 Å². The lowest BCUT2D eigenvalue weighted by molar-refractivity contribution is -0.121. The Kier molecular flexibility index (Phi) is 3.87. The topological polar surface area (TPSA) is 68.0 Å². The van der Waals surface area contributed by atoms with Crippen LogP contribution >= 0.6 is 0 Å². The molecule has 3 rings (SSSR count). The average molecular weight is 270 g/mol. The number of rotatable bonds is 4. The summed E-state index contributed by atoms with van der Waals surface area (Å²) in [5, 5.41) is 11.2. The molecule has 5 nitrogen and oxygen atoms in total. The zero-order valence-corrected chi connectivity index (χ0v) is 11.1. The summed E-state index contributed by atoms with van der Waals surface area (Å²) in [6.45, 7) is 1.65. The molecule has 1 N–H and O–H groups in total. The van der Waals surface area contributed by atoms with E-state index < -0.39 is 0 Å². The molecule has 1 atom stereocenters. The molecule has 0 aliphatic carbocycles. The third-order valence-corrected chi connectivity index (χ3v) is 3.36. The van der Waals surface area contributed by atoms with Crippen LogP contribution in [0.2, 0.25) is 0 Å². The number of carbonyl (C=O) groups is 1. The number of piperidine rings is 1. The van der Waals surface area contributed by atoms with Gasteiger partial charge in [0.25, 0.3) is 0 Å². The number of nitrogens with zero attached hydrogens (tertiary/aromatic N) is 2. The molecule has 0 amide bonds. The molecule has 1 radical (unpaired) electrons. The van der Waals surface area contributed by atoms with Crippen molar-refractivity contribution in [2.45, 2.75) is 12.8 Å². The highest BCUT2D eigenvalue weighted by Gasteiger charge is 2.23. The van der Waals surface area contributed by atoms with Crippen molar-refractivity contribution >= 4 is 5.78 Å². The Morgan fingerprint density at radius 3 is 2.90 bits per heavy atom. The Morgan fingerprint density at radius 2 is 2.15 bits per heavy atom. The molecule has 103 valence electrons. The fourth-order valence-corrected chi connectivity index (χ4v) is 2.28. The molecule has 1 aromatic heterocycles. The largest absolute Gasteiger partial charge is 0.420 e. The van der Waals surface area contributed by atoms with Gasteiger partial charge in [-0.15, -0.1) is 10.2 Å². The molecule has 1 saturated heterocycles. The Morgan fingerprint density at radius 1 is 1.30 bits per heavy atom. The van der Waals surface area contributed by atoms with Gasteiger partial charge < -0.3 is 9.73 Å². The second kappa shape index (κ2) is 5.96. The number of hydrogen-bond donors (Lipinski definition) is 1. The average Bonchev–Trinajstić information content (AvgIpc) is 2.97. The Labute approximate surface area is 117 Å². The summed E-state index contributed by atoms with van der Waals surface area (Å²) in [6, 6.07) is 9.55. The molecule has 5 heteroatoms. The van der Waals surface area contributed by atoms with E-state index in [1.807, 2.05) is 30.3 Å². The lowest BCUT2D eigenvalue weighted by Gasteiger charge is -2.20. The van der Waals surface area contributed by atoms with Gasteiger partial charge in [-0.1, -0.05) is 18.2 Å². The van der Waals surface area contributed by atoms with Gasteiger partial charge in [0.15, 0.2) is 0 Å². The zero-order valence-electron chi connectivity index (χ0n) is 11.1. The molecule has 2 heterocycles. The van der Waals surface area contributed by atoms with Crippen molar-refractivity contribution in [1.82, 2.24) is 15.5 Å². The van der Waals surface area contributed by atoms with E-state index >= 15 is 0 Å². The van der Waals surface area contributed by atoms with E-state index in [0.29, 0.717) is 18.3 Å². The van der Waals surface area contributed by atoms with Crippen molar-refractivity contribution < 1.29 is 9.21 Å². The first-order valence-corrected chi connectivity index (χ1v) is 6.77. The first kappa shape index (κ1) is 13.0. The van der Waals surface area contributed by atoms with E-state index in [0.717, 1.165) is 18.5 Å². The van der Waals surface area contributed by atoms with Crippen LogP contribution in [-0.4, -0.2) is 29.1 Å². The SMILES string of the molecule is O=C(Cc1nnc(-c2ccccc2)o1)C1[CH]CCNC1. The maximum atomic E-state index is 12.1. The minimum absolute atomic E-state index is 0.0455. The Balaban J connectivity index is 1.66. The maximum Gasteiger partial charge on any atom is 0.247 e. The molecule has 20 heavy (non-hydrogen) atoms. The van der Waals surface area contributed by atoms with Crippen LogP contribution in [0.25, 0.3) is 11.5 Å². The minimum Gasteiger partial charge on any atom is -0.420 e. The maximum absolute atomic E-state index is 12.1. The smallest absolute Gasteiger partial charge is 0.247 e. The number of aromatic nitrogens is 2. The summed E-state index contributed by atoms with van der Waals surface area (Å²) in [5.74, 6) is 0.920. The summed E-state index contributed by atoms with van der Waals surface area (Å²) >= 11 is 0. The number of ketones is 1. The first-order valence-electron chi connectivity index (χ1n) is 6.77. The lowest BCUT2D eigenvalue weighted by Crippen LogP contribution is -2.35. The van der Waals surface area contributed by atoms with Crippen LogP contribution in [-0.2, 0) is 11.2 Å². The normalized spacial score (nSPS) is 18.9. The highest BCUT2D eigenvalue weighted by molar-refractivity contribution is 5.84.